The highest BCUT2D eigenvalue weighted by atomic mass is 31.2. The van der Waals surface area contributed by atoms with Crippen molar-refractivity contribution in [1.82, 2.24) is 0 Å². The highest BCUT2D eigenvalue weighted by Crippen LogP contribution is 2.43. The number of allylic oxidation sites excluding steroid dienone is 8. The number of rotatable bonds is 40. The van der Waals surface area contributed by atoms with Crippen molar-refractivity contribution in [2.45, 2.75) is 193 Å². The fraction of sp³-hybridized carbons (Fsp3) is 0.750. The molecule has 0 aromatic heterocycles. The van der Waals surface area contributed by atoms with Crippen LogP contribution in [-0.4, -0.2) is 59.9 Å². The Morgan fingerprint density at radius 1 is 0.554 bits per heavy atom. The Morgan fingerprint density at radius 2 is 0.964 bits per heavy atom. The normalized spacial score (nSPS) is 14.2. The lowest BCUT2D eigenvalue weighted by Gasteiger charge is -2.20. The number of esters is 2. The van der Waals surface area contributed by atoms with Gasteiger partial charge in [0, 0.05) is 12.8 Å². The van der Waals surface area contributed by atoms with Crippen LogP contribution in [0.4, 0.5) is 0 Å². The van der Waals surface area contributed by atoms with Crippen LogP contribution in [0.2, 0.25) is 0 Å². The van der Waals surface area contributed by atoms with Crippen LogP contribution in [0.25, 0.3) is 0 Å². The van der Waals surface area contributed by atoms with Crippen LogP contribution in [0, 0.1) is 0 Å². The van der Waals surface area contributed by atoms with Gasteiger partial charge in [-0.25, -0.2) is 4.57 Å². The van der Waals surface area contributed by atoms with E-state index in [0.29, 0.717) is 19.3 Å². The van der Waals surface area contributed by atoms with Crippen molar-refractivity contribution < 1.29 is 47.5 Å². The van der Waals surface area contributed by atoms with Gasteiger partial charge in [0.2, 0.25) is 0 Å². The van der Waals surface area contributed by atoms with Crippen LogP contribution < -0.4 is 5.73 Å². The van der Waals surface area contributed by atoms with E-state index in [1.54, 1.807) is 0 Å². The van der Waals surface area contributed by atoms with Gasteiger partial charge in [-0.05, 0) is 70.6 Å². The standard InChI is InChI=1S/C44H78NO10P/c1-3-5-7-9-11-13-15-17-19-20-22-23-25-27-29-31-33-35-42(46)52-37-40(38-53-56(50,51)54-39-41(45)44(48)49)55-43(47)36-34-32-30-28-26-24-21-18-16-14-12-10-8-6-4-2/h17,19,22-24,26-27,29,40-41H,3-16,18,20-21,25,28,30-39,45H2,1-2H3,(H,48,49)(H,50,51)/b19-17+,23-22+,26-24+,29-27+/t40-,41+/m1/s1. The van der Waals surface area contributed by atoms with Crippen molar-refractivity contribution in [2.24, 2.45) is 5.73 Å². The van der Waals surface area contributed by atoms with Crippen LogP contribution in [0.15, 0.2) is 48.6 Å². The molecule has 0 aliphatic rings. The summed E-state index contributed by atoms with van der Waals surface area (Å²) < 4.78 is 32.6. The number of ether oxygens (including phenoxy) is 2. The molecule has 12 heteroatoms. The number of nitrogens with two attached hydrogens (primary N) is 1. The molecule has 11 nitrogen and oxygen atoms in total. The summed E-state index contributed by atoms with van der Waals surface area (Å²) in [6, 6.07) is -1.53. The second-order valence-electron chi connectivity index (χ2n) is 14.5. The van der Waals surface area contributed by atoms with E-state index in [2.05, 4.69) is 60.9 Å². The maximum atomic E-state index is 12.6. The van der Waals surface area contributed by atoms with Gasteiger partial charge in [-0.3, -0.25) is 23.4 Å². The minimum Gasteiger partial charge on any atom is -0.480 e. The summed E-state index contributed by atoms with van der Waals surface area (Å²) in [7, 11) is -4.73. The summed E-state index contributed by atoms with van der Waals surface area (Å²) in [4.78, 5) is 45.9. The third kappa shape index (κ3) is 38.3. The van der Waals surface area contributed by atoms with Crippen LogP contribution >= 0.6 is 7.82 Å². The number of carbonyl (C=O) groups is 3. The molecule has 0 aromatic carbocycles. The monoisotopic (exact) mass is 812 g/mol. The molecule has 324 valence electrons. The van der Waals surface area contributed by atoms with E-state index in [-0.39, 0.29) is 19.4 Å². The van der Waals surface area contributed by atoms with Crippen molar-refractivity contribution in [3.63, 3.8) is 0 Å². The number of carboxylic acids is 1. The van der Waals surface area contributed by atoms with Crippen LogP contribution in [0.1, 0.15) is 181 Å². The largest absolute Gasteiger partial charge is 0.480 e. The summed E-state index contributed by atoms with van der Waals surface area (Å²) in [6.07, 6.45) is 43.3. The predicted molar refractivity (Wildman–Crippen MR) is 226 cm³/mol. The van der Waals surface area contributed by atoms with E-state index >= 15 is 0 Å². The summed E-state index contributed by atoms with van der Waals surface area (Å²) in [5.41, 5.74) is 5.33. The Balaban J connectivity index is 4.48. The maximum Gasteiger partial charge on any atom is 0.472 e. The van der Waals surface area contributed by atoms with Gasteiger partial charge in [0.15, 0.2) is 6.10 Å². The highest BCUT2D eigenvalue weighted by Gasteiger charge is 2.28. The average Bonchev–Trinajstić information content (AvgIpc) is 3.17. The number of carboxylic acid groups (broad SMARTS) is 1. The molecule has 0 saturated heterocycles. The first kappa shape index (κ1) is 53.4. The van der Waals surface area contributed by atoms with E-state index < -0.39 is 51.1 Å². The Bertz CT molecular complexity index is 1140. The van der Waals surface area contributed by atoms with Gasteiger partial charge in [0.05, 0.1) is 13.2 Å². The molecule has 4 N–H and O–H groups in total. The molecular formula is C44H78NO10P. The molecule has 0 saturated carbocycles. The zero-order chi connectivity index (χ0) is 41.4. The van der Waals surface area contributed by atoms with E-state index in [0.717, 1.165) is 44.9 Å². The Labute approximate surface area is 339 Å². The molecular weight excluding hydrogens is 733 g/mol. The molecule has 0 aromatic rings. The van der Waals surface area contributed by atoms with Gasteiger partial charge in [-0.2, -0.15) is 0 Å². The number of hydrogen-bond donors (Lipinski definition) is 3. The minimum absolute atomic E-state index is 0.130. The molecule has 0 aliphatic carbocycles. The van der Waals surface area contributed by atoms with Gasteiger partial charge >= 0.3 is 25.7 Å². The molecule has 0 rings (SSSR count). The maximum absolute atomic E-state index is 12.6. The van der Waals surface area contributed by atoms with E-state index in [4.69, 9.17) is 24.8 Å². The van der Waals surface area contributed by atoms with Crippen molar-refractivity contribution in [3.05, 3.63) is 48.6 Å². The quantitative estimate of drug-likeness (QED) is 0.0233. The first-order valence-corrected chi connectivity index (χ1v) is 23.2. The first-order chi connectivity index (χ1) is 27.1. The lowest BCUT2D eigenvalue weighted by Crippen LogP contribution is -2.34. The number of hydrogen-bond acceptors (Lipinski definition) is 9. The zero-order valence-electron chi connectivity index (χ0n) is 35.0. The fourth-order valence-corrected chi connectivity index (χ4v) is 6.38. The number of carbonyl (C=O) groups excluding carboxylic acids is 2. The second-order valence-corrected chi connectivity index (χ2v) is 15.9. The molecule has 0 bridgehead atoms. The van der Waals surface area contributed by atoms with Gasteiger partial charge in [0.25, 0.3) is 0 Å². The molecule has 3 atom stereocenters. The van der Waals surface area contributed by atoms with Crippen LogP contribution in [-0.2, 0) is 37.5 Å². The average molecular weight is 812 g/mol. The summed E-state index contributed by atoms with van der Waals surface area (Å²) in [5.74, 6) is -2.47. The molecule has 0 radical (unpaired) electrons. The van der Waals surface area contributed by atoms with E-state index in [1.807, 2.05) is 6.08 Å². The zero-order valence-corrected chi connectivity index (χ0v) is 35.9. The Hall–Kier alpha value is -2.56. The second kappa shape index (κ2) is 39.3. The minimum atomic E-state index is -4.73. The molecule has 0 spiro atoms. The van der Waals surface area contributed by atoms with Crippen molar-refractivity contribution in [3.8, 4) is 0 Å². The third-order valence-corrected chi connectivity index (χ3v) is 10.0. The van der Waals surface area contributed by atoms with Gasteiger partial charge < -0.3 is 25.2 Å². The summed E-state index contributed by atoms with van der Waals surface area (Å²) in [6.45, 7) is 2.72. The van der Waals surface area contributed by atoms with Crippen LogP contribution in [0.3, 0.4) is 0 Å². The van der Waals surface area contributed by atoms with Gasteiger partial charge in [0.1, 0.15) is 12.6 Å². The molecule has 1 unspecified atom stereocenters. The summed E-state index contributed by atoms with van der Waals surface area (Å²) in [5, 5.41) is 8.88. The lowest BCUT2D eigenvalue weighted by molar-refractivity contribution is -0.161. The number of phosphoric ester groups is 1. The number of phosphoric acid groups is 1. The SMILES string of the molecule is CCCCCCCC/C=C/C/C=C/C/C=C/CCCC(=O)OC[C@H](COP(=O)(O)OC[C@H](N)C(=O)O)OC(=O)CCCCC/C=C/CCCCCCCCCC. The van der Waals surface area contributed by atoms with E-state index in [9.17, 15) is 23.8 Å². The fourth-order valence-electron chi connectivity index (χ4n) is 5.60. The Morgan fingerprint density at radius 3 is 1.48 bits per heavy atom. The van der Waals surface area contributed by atoms with Crippen molar-refractivity contribution in [2.75, 3.05) is 19.8 Å². The number of unbranched alkanes of at least 4 members (excludes halogenated alkanes) is 18. The van der Waals surface area contributed by atoms with Gasteiger partial charge in [-0.1, -0.05) is 146 Å². The molecule has 0 fully saturated rings. The highest BCUT2D eigenvalue weighted by molar-refractivity contribution is 7.47. The van der Waals surface area contributed by atoms with Crippen LogP contribution in [0.5, 0.6) is 0 Å². The smallest absolute Gasteiger partial charge is 0.472 e. The lowest BCUT2D eigenvalue weighted by atomic mass is 10.1. The van der Waals surface area contributed by atoms with Gasteiger partial charge in [-0.15, -0.1) is 0 Å². The predicted octanol–water partition coefficient (Wildman–Crippen LogP) is 11.4. The molecule has 56 heavy (non-hydrogen) atoms. The van der Waals surface area contributed by atoms with Crippen molar-refractivity contribution in [1.29, 1.82) is 0 Å². The van der Waals surface area contributed by atoms with E-state index in [1.165, 1.54) is 89.9 Å². The third-order valence-electron chi connectivity index (χ3n) is 9.05. The first-order valence-electron chi connectivity index (χ1n) is 21.7. The topological polar surface area (TPSA) is 172 Å². The van der Waals surface area contributed by atoms with Crippen molar-refractivity contribution >= 4 is 25.7 Å². The Kier molecular flexibility index (Phi) is 37.5. The summed E-state index contributed by atoms with van der Waals surface area (Å²) >= 11 is 0. The molecule has 0 aliphatic heterocycles. The molecule has 0 heterocycles. The molecule has 0 amide bonds. The number of aliphatic carboxylic acids is 1.